The minimum Gasteiger partial charge on any atom is -0.322 e. The highest BCUT2D eigenvalue weighted by molar-refractivity contribution is 5.09. The van der Waals surface area contributed by atoms with Crippen LogP contribution in [0.1, 0.15) is 53.4 Å². The van der Waals surface area contributed by atoms with Crippen molar-refractivity contribution < 1.29 is 0 Å². The molecule has 0 radical (unpaired) electrons. The first kappa shape index (κ1) is 11.7. The van der Waals surface area contributed by atoms with E-state index >= 15 is 0 Å². The van der Waals surface area contributed by atoms with E-state index in [-0.39, 0.29) is 5.54 Å². The molecule has 72 valence electrons. The zero-order valence-corrected chi connectivity index (χ0v) is 8.98. The third kappa shape index (κ3) is 4.55. The second kappa shape index (κ2) is 5.36. The van der Waals surface area contributed by atoms with Crippen LogP contribution in [0.3, 0.4) is 0 Å². The zero-order valence-electron chi connectivity index (χ0n) is 8.98. The number of allylic oxidation sites excluding steroid dienone is 1. The van der Waals surface area contributed by atoms with Gasteiger partial charge in [-0.3, -0.25) is 0 Å². The number of rotatable bonds is 5. The SMILES string of the molecule is CCCC(N)(C=C(C)C)CCC. The maximum Gasteiger partial charge on any atom is 0.0341 e. The van der Waals surface area contributed by atoms with Crippen LogP contribution in [-0.2, 0) is 0 Å². The monoisotopic (exact) mass is 169 g/mol. The van der Waals surface area contributed by atoms with Crippen LogP contribution in [0.2, 0.25) is 0 Å². The van der Waals surface area contributed by atoms with Crippen molar-refractivity contribution in [3.63, 3.8) is 0 Å². The minimum absolute atomic E-state index is 0.0394. The van der Waals surface area contributed by atoms with Crippen LogP contribution in [0.15, 0.2) is 11.6 Å². The van der Waals surface area contributed by atoms with Crippen LogP contribution in [0.5, 0.6) is 0 Å². The number of hydrogen-bond donors (Lipinski definition) is 1. The molecule has 12 heavy (non-hydrogen) atoms. The Morgan fingerprint density at radius 3 is 1.83 bits per heavy atom. The minimum atomic E-state index is -0.0394. The molecule has 0 aliphatic rings. The molecule has 1 nitrogen and oxygen atoms in total. The van der Waals surface area contributed by atoms with E-state index in [1.807, 2.05) is 0 Å². The van der Waals surface area contributed by atoms with E-state index in [2.05, 4.69) is 33.8 Å². The van der Waals surface area contributed by atoms with Crippen molar-refractivity contribution in [1.82, 2.24) is 0 Å². The fraction of sp³-hybridized carbons (Fsp3) is 0.818. The molecule has 0 aliphatic heterocycles. The second-order valence-electron chi connectivity index (χ2n) is 3.95. The average Bonchev–Trinajstić information content (AvgIpc) is 1.85. The molecule has 0 amide bonds. The topological polar surface area (TPSA) is 26.0 Å². The Morgan fingerprint density at radius 1 is 1.17 bits per heavy atom. The smallest absolute Gasteiger partial charge is 0.0341 e. The van der Waals surface area contributed by atoms with Crippen molar-refractivity contribution in [3.05, 3.63) is 11.6 Å². The summed E-state index contributed by atoms with van der Waals surface area (Å²) >= 11 is 0. The van der Waals surface area contributed by atoms with E-state index in [0.29, 0.717) is 0 Å². The summed E-state index contributed by atoms with van der Waals surface area (Å²) in [5, 5.41) is 0. The van der Waals surface area contributed by atoms with Gasteiger partial charge in [-0.05, 0) is 26.7 Å². The quantitative estimate of drug-likeness (QED) is 0.628. The Balaban J connectivity index is 4.27. The molecule has 0 heterocycles. The van der Waals surface area contributed by atoms with Gasteiger partial charge in [0.25, 0.3) is 0 Å². The lowest BCUT2D eigenvalue weighted by Gasteiger charge is -2.25. The Bertz CT molecular complexity index is 137. The zero-order chi connectivity index (χ0) is 9.61. The van der Waals surface area contributed by atoms with Gasteiger partial charge in [-0.2, -0.15) is 0 Å². The summed E-state index contributed by atoms with van der Waals surface area (Å²) < 4.78 is 0. The molecule has 1 heteroatoms. The predicted octanol–water partition coefficient (Wildman–Crippen LogP) is 3.25. The van der Waals surface area contributed by atoms with Gasteiger partial charge in [0.1, 0.15) is 0 Å². The molecular weight excluding hydrogens is 146 g/mol. The number of hydrogen-bond acceptors (Lipinski definition) is 1. The first-order valence-electron chi connectivity index (χ1n) is 4.99. The molecule has 0 aromatic rings. The first-order chi connectivity index (χ1) is 5.54. The third-order valence-corrected chi connectivity index (χ3v) is 2.01. The van der Waals surface area contributed by atoms with Crippen molar-refractivity contribution in [2.24, 2.45) is 5.73 Å². The normalized spacial score (nSPS) is 11.4. The molecule has 0 aromatic heterocycles. The average molecular weight is 169 g/mol. The fourth-order valence-corrected chi connectivity index (χ4v) is 1.78. The van der Waals surface area contributed by atoms with Gasteiger partial charge in [-0.25, -0.2) is 0 Å². The van der Waals surface area contributed by atoms with Crippen LogP contribution in [0.4, 0.5) is 0 Å². The maximum absolute atomic E-state index is 6.24. The lowest BCUT2D eigenvalue weighted by molar-refractivity contribution is 0.438. The molecule has 0 aliphatic carbocycles. The summed E-state index contributed by atoms with van der Waals surface area (Å²) in [6, 6.07) is 0. The van der Waals surface area contributed by atoms with Crippen molar-refractivity contribution in [2.45, 2.75) is 58.9 Å². The van der Waals surface area contributed by atoms with Crippen LogP contribution < -0.4 is 5.73 Å². The van der Waals surface area contributed by atoms with Gasteiger partial charge in [0, 0.05) is 5.54 Å². The molecule has 0 spiro atoms. The Kier molecular flexibility index (Phi) is 5.23. The summed E-state index contributed by atoms with van der Waals surface area (Å²) in [7, 11) is 0. The Labute approximate surface area is 77.0 Å². The van der Waals surface area contributed by atoms with Gasteiger partial charge in [0.2, 0.25) is 0 Å². The van der Waals surface area contributed by atoms with Crippen molar-refractivity contribution in [3.8, 4) is 0 Å². The van der Waals surface area contributed by atoms with Crippen LogP contribution >= 0.6 is 0 Å². The molecule has 0 atom stereocenters. The van der Waals surface area contributed by atoms with Gasteiger partial charge in [0.15, 0.2) is 0 Å². The Hall–Kier alpha value is -0.300. The summed E-state index contributed by atoms with van der Waals surface area (Å²) in [6.07, 6.45) is 6.76. The van der Waals surface area contributed by atoms with Gasteiger partial charge in [0.05, 0.1) is 0 Å². The van der Waals surface area contributed by atoms with Crippen molar-refractivity contribution in [2.75, 3.05) is 0 Å². The highest BCUT2D eigenvalue weighted by Gasteiger charge is 2.18. The highest BCUT2D eigenvalue weighted by atomic mass is 14.7. The van der Waals surface area contributed by atoms with Gasteiger partial charge < -0.3 is 5.73 Å². The fourth-order valence-electron chi connectivity index (χ4n) is 1.78. The molecule has 2 N–H and O–H groups in total. The van der Waals surface area contributed by atoms with Gasteiger partial charge in [-0.15, -0.1) is 0 Å². The van der Waals surface area contributed by atoms with E-state index in [4.69, 9.17) is 5.73 Å². The lowest BCUT2D eigenvalue weighted by atomic mass is 9.88. The molecule has 0 rings (SSSR count). The standard InChI is InChI=1S/C11H23N/c1-5-7-11(12,8-6-2)9-10(3)4/h9H,5-8,12H2,1-4H3. The summed E-state index contributed by atoms with van der Waals surface area (Å²) in [5.41, 5.74) is 7.54. The Morgan fingerprint density at radius 2 is 1.58 bits per heavy atom. The van der Waals surface area contributed by atoms with E-state index < -0.39 is 0 Å². The molecule has 0 saturated heterocycles. The molecule has 0 fully saturated rings. The predicted molar refractivity (Wildman–Crippen MR) is 56.2 cm³/mol. The second-order valence-corrected chi connectivity index (χ2v) is 3.95. The van der Waals surface area contributed by atoms with E-state index in [0.717, 1.165) is 12.8 Å². The first-order valence-corrected chi connectivity index (χ1v) is 4.99. The molecule has 0 bridgehead atoms. The van der Waals surface area contributed by atoms with Crippen molar-refractivity contribution >= 4 is 0 Å². The molecular formula is C11H23N. The molecule has 0 saturated carbocycles. The largest absolute Gasteiger partial charge is 0.322 e. The maximum atomic E-state index is 6.24. The number of nitrogens with two attached hydrogens (primary N) is 1. The van der Waals surface area contributed by atoms with E-state index in [1.165, 1.54) is 18.4 Å². The summed E-state index contributed by atoms with van der Waals surface area (Å²) in [4.78, 5) is 0. The summed E-state index contributed by atoms with van der Waals surface area (Å²) in [5.74, 6) is 0. The summed E-state index contributed by atoms with van der Waals surface area (Å²) in [6.45, 7) is 8.62. The van der Waals surface area contributed by atoms with E-state index in [1.54, 1.807) is 0 Å². The van der Waals surface area contributed by atoms with Crippen molar-refractivity contribution in [1.29, 1.82) is 0 Å². The lowest BCUT2D eigenvalue weighted by Crippen LogP contribution is -2.37. The van der Waals surface area contributed by atoms with E-state index in [9.17, 15) is 0 Å². The molecule has 0 aromatic carbocycles. The highest BCUT2D eigenvalue weighted by Crippen LogP contribution is 2.19. The van der Waals surface area contributed by atoms with Crippen LogP contribution in [-0.4, -0.2) is 5.54 Å². The van der Waals surface area contributed by atoms with Crippen LogP contribution in [0, 0.1) is 0 Å². The van der Waals surface area contributed by atoms with Crippen LogP contribution in [0.25, 0.3) is 0 Å². The van der Waals surface area contributed by atoms with Gasteiger partial charge >= 0.3 is 0 Å². The third-order valence-electron chi connectivity index (χ3n) is 2.01. The molecule has 0 unspecified atom stereocenters. The van der Waals surface area contributed by atoms with Gasteiger partial charge in [-0.1, -0.05) is 38.3 Å².